The molecule has 1 heterocycles. The molecule has 2 fully saturated rings. The summed E-state index contributed by atoms with van der Waals surface area (Å²) in [4.78, 5) is 25.7. The normalized spacial score (nSPS) is 31.1. The topological polar surface area (TPSA) is 78.9 Å². The molecule has 1 saturated carbocycles. The molecule has 1 saturated heterocycles. The maximum atomic E-state index is 12.2. The molecule has 2 unspecified atom stereocenters. The van der Waals surface area contributed by atoms with Gasteiger partial charge in [-0.3, -0.25) is 10.1 Å². The number of ether oxygens (including phenoxy) is 1. The van der Waals surface area contributed by atoms with Crippen molar-refractivity contribution in [3.05, 3.63) is 0 Å². The predicted molar refractivity (Wildman–Crippen MR) is 68.5 cm³/mol. The zero-order valence-electron chi connectivity index (χ0n) is 11.4. The predicted octanol–water partition coefficient (Wildman–Crippen LogP) is 0.496. The number of nitrogens with zero attached hydrogens (tertiary/aromatic N) is 1. The highest BCUT2D eigenvalue weighted by Crippen LogP contribution is 2.39. The summed E-state index contributed by atoms with van der Waals surface area (Å²) in [5.74, 6) is 0.289. The van der Waals surface area contributed by atoms with Gasteiger partial charge in [0.25, 0.3) is 5.91 Å². The van der Waals surface area contributed by atoms with Crippen LogP contribution in [0.15, 0.2) is 0 Å². The molecular formula is C13H22N2O4. The van der Waals surface area contributed by atoms with Crippen molar-refractivity contribution in [3.8, 4) is 0 Å². The molecule has 1 spiro atoms. The van der Waals surface area contributed by atoms with E-state index in [-0.39, 0.29) is 25.2 Å². The molecule has 0 bridgehead atoms. The van der Waals surface area contributed by atoms with E-state index >= 15 is 0 Å². The number of urea groups is 1. The Balaban J connectivity index is 2.05. The number of carbonyl (C=O) groups excluding carboxylic acids is 2. The van der Waals surface area contributed by atoms with Crippen molar-refractivity contribution in [1.29, 1.82) is 0 Å². The van der Waals surface area contributed by atoms with Gasteiger partial charge in [0, 0.05) is 6.54 Å². The highest BCUT2D eigenvalue weighted by Gasteiger charge is 2.53. The van der Waals surface area contributed by atoms with Crippen molar-refractivity contribution in [1.82, 2.24) is 10.2 Å². The van der Waals surface area contributed by atoms with Crippen LogP contribution in [0.4, 0.5) is 4.79 Å². The molecule has 2 N–H and O–H groups in total. The van der Waals surface area contributed by atoms with Crippen molar-refractivity contribution < 1.29 is 19.4 Å². The van der Waals surface area contributed by atoms with E-state index in [2.05, 4.69) is 12.2 Å². The van der Waals surface area contributed by atoms with E-state index in [1.807, 2.05) is 0 Å². The molecule has 19 heavy (non-hydrogen) atoms. The number of hydrogen-bond acceptors (Lipinski definition) is 4. The molecule has 1 aliphatic carbocycles. The van der Waals surface area contributed by atoms with E-state index in [1.54, 1.807) is 4.90 Å². The molecule has 0 aromatic carbocycles. The zero-order valence-corrected chi connectivity index (χ0v) is 11.4. The van der Waals surface area contributed by atoms with E-state index in [0.29, 0.717) is 19.1 Å². The van der Waals surface area contributed by atoms with Crippen molar-refractivity contribution in [2.45, 2.75) is 38.1 Å². The van der Waals surface area contributed by atoms with Gasteiger partial charge in [-0.25, -0.2) is 4.79 Å². The standard InChI is InChI=1S/C13H22N2O4/c1-10-3-2-4-13(9-10)11(17)14-12(18)15(13)5-7-19-8-6-16/h10,16H,2-9H2,1H3,(H,14,17,18). The van der Waals surface area contributed by atoms with Crippen molar-refractivity contribution in [2.75, 3.05) is 26.4 Å². The van der Waals surface area contributed by atoms with Crippen LogP contribution in [0.25, 0.3) is 0 Å². The third-order valence-corrected chi connectivity index (χ3v) is 4.07. The molecule has 1 aliphatic heterocycles. The van der Waals surface area contributed by atoms with Crippen LogP contribution in [0.1, 0.15) is 32.6 Å². The second kappa shape index (κ2) is 5.88. The Labute approximate surface area is 113 Å². The van der Waals surface area contributed by atoms with Gasteiger partial charge in [-0.2, -0.15) is 0 Å². The lowest BCUT2D eigenvalue weighted by molar-refractivity contribution is -0.129. The lowest BCUT2D eigenvalue weighted by Crippen LogP contribution is -2.53. The highest BCUT2D eigenvalue weighted by molar-refractivity contribution is 6.07. The summed E-state index contributed by atoms with van der Waals surface area (Å²) in [5, 5.41) is 11.1. The van der Waals surface area contributed by atoms with Crippen LogP contribution in [0, 0.1) is 5.92 Å². The third-order valence-electron chi connectivity index (χ3n) is 4.07. The number of amides is 3. The molecule has 0 radical (unpaired) electrons. The third kappa shape index (κ3) is 2.74. The Kier molecular flexibility index (Phi) is 4.42. The van der Waals surface area contributed by atoms with Gasteiger partial charge in [-0.15, -0.1) is 0 Å². The number of rotatable bonds is 5. The van der Waals surface area contributed by atoms with Gasteiger partial charge in [0.15, 0.2) is 0 Å². The molecule has 6 heteroatoms. The molecule has 0 aromatic rings. The highest BCUT2D eigenvalue weighted by atomic mass is 16.5. The Morgan fingerprint density at radius 2 is 2.26 bits per heavy atom. The van der Waals surface area contributed by atoms with Crippen LogP contribution < -0.4 is 5.32 Å². The molecule has 3 amide bonds. The van der Waals surface area contributed by atoms with Crippen LogP contribution in [-0.4, -0.2) is 53.8 Å². The van der Waals surface area contributed by atoms with Gasteiger partial charge in [-0.1, -0.05) is 19.8 Å². The Hall–Kier alpha value is -1.14. The van der Waals surface area contributed by atoms with E-state index in [4.69, 9.17) is 9.84 Å². The van der Waals surface area contributed by atoms with Crippen molar-refractivity contribution in [3.63, 3.8) is 0 Å². The van der Waals surface area contributed by atoms with E-state index in [0.717, 1.165) is 25.7 Å². The molecule has 2 atom stereocenters. The summed E-state index contributed by atoms with van der Waals surface area (Å²) in [7, 11) is 0. The first-order valence-electron chi connectivity index (χ1n) is 6.92. The molecular weight excluding hydrogens is 248 g/mol. The Morgan fingerprint density at radius 3 is 2.95 bits per heavy atom. The summed E-state index contributed by atoms with van der Waals surface area (Å²) in [6.07, 6.45) is 3.54. The van der Waals surface area contributed by atoms with Crippen molar-refractivity contribution in [2.24, 2.45) is 5.92 Å². The lowest BCUT2D eigenvalue weighted by atomic mass is 9.75. The maximum absolute atomic E-state index is 12.2. The summed E-state index contributed by atoms with van der Waals surface area (Å²) in [6.45, 7) is 3.08. The van der Waals surface area contributed by atoms with E-state index < -0.39 is 5.54 Å². The number of hydrogen-bond donors (Lipinski definition) is 2. The van der Waals surface area contributed by atoms with Crippen LogP contribution in [0.2, 0.25) is 0 Å². The maximum Gasteiger partial charge on any atom is 0.325 e. The van der Waals surface area contributed by atoms with Crippen molar-refractivity contribution >= 4 is 11.9 Å². The number of nitrogens with one attached hydrogen (secondary N) is 1. The second-order valence-corrected chi connectivity index (χ2v) is 5.48. The monoisotopic (exact) mass is 270 g/mol. The number of imide groups is 1. The minimum absolute atomic E-state index is 0.0344. The fourth-order valence-electron chi connectivity index (χ4n) is 3.21. The lowest BCUT2D eigenvalue weighted by Gasteiger charge is -2.40. The summed E-state index contributed by atoms with van der Waals surface area (Å²) in [6, 6.07) is -0.313. The van der Waals surface area contributed by atoms with Gasteiger partial charge in [0.05, 0.1) is 19.8 Å². The fraction of sp³-hybridized carbons (Fsp3) is 0.846. The van der Waals surface area contributed by atoms with Crippen LogP contribution in [0.5, 0.6) is 0 Å². The first-order valence-corrected chi connectivity index (χ1v) is 6.92. The first-order chi connectivity index (χ1) is 9.10. The fourth-order valence-corrected chi connectivity index (χ4v) is 3.21. The van der Waals surface area contributed by atoms with Gasteiger partial charge >= 0.3 is 6.03 Å². The first kappa shape index (κ1) is 14.3. The Morgan fingerprint density at radius 1 is 1.47 bits per heavy atom. The average molecular weight is 270 g/mol. The average Bonchev–Trinajstić information content (AvgIpc) is 2.58. The molecule has 108 valence electrons. The molecule has 6 nitrogen and oxygen atoms in total. The minimum atomic E-state index is -0.669. The second-order valence-electron chi connectivity index (χ2n) is 5.48. The SMILES string of the molecule is CC1CCCC2(C1)C(=O)NC(=O)N2CCOCCO. The van der Waals surface area contributed by atoms with Crippen LogP contribution in [0.3, 0.4) is 0 Å². The largest absolute Gasteiger partial charge is 0.394 e. The number of aliphatic hydroxyl groups excluding tert-OH is 1. The summed E-state index contributed by atoms with van der Waals surface area (Å²) in [5.41, 5.74) is -0.669. The summed E-state index contributed by atoms with van der Waals surface area (Å²) < 4.78 is 5.21. The Bertz CT molecular complexity index is 361. The zero-order chi connectivity index (χ0) is 13.9. The van der Waals surface area contributed by atoms with Gasteiger partial charge in [-0.05, 0) is 18.8 Å². The van der Waals surface area contributed by atoms with Crippen LogP contribution >= 0.6 is 0 Å². The van der Waals surface area contributed by atoms with E-state index in [1.165, 1.54) is 0 Å². The number of aliphatic hydroxyl groups is 1. The smallest absolute Gasteiger partial charge is 0.325 e. The quantitative estimate of drug-likeness (QED) is 0.563. The minimum Gasteiger partial charge on any atom is -0.394 e. The summed E-state index contributed by atoms with van der Waals surface area (Å²) >= 11 is 0. The molecule has 2 rings (SSSR count). The number of carbonyl (C=O) groups is 2. The van der Waals surface area contributed by atoms with Gasteiger partial charge < -0.3 is 14.7 Å². The molecule has 0 aromatic heterocycles. The van der Waals surface area contributed by atoms with Crippen LogP contribution in [-0.2, 0) is 9.53 Å². The van der Waals surface area contributed by atoms with Gasteiger partial charge in [0.2, 0.25) is 0 Å². The van der Waals surface area contributed by atoms with E-state index in [9.17, 15) is 9.59 Å². The molecule has 2 aliphatic rings. The van der Waals surface area contributed by atoms with Gasteiger partial charge in [0.1, 0.15) is 5.54 Å².